The molecule has 0 N–H and O–H groups in total. The van der Waals surface area contributed by atoms with Crippen molar-refractivity contribution < 1.29 is 4.79 Å². The van der Waals surface area contributed by atoms with Crippen molar-refractivity contribution in [1.82, 2.24) is 24.2 Å². The molecule has 2 fully saturated rings. The summed E-state index contributed by atoms with van der Waals surface area (Å²) in [4.78, 5) is 33.2. The maximum absolute atomic E-state index is 12.6. The first kappa shape index (κ1) is 19.7. The first-order valence-electron chi connectivity index (χ1n) is 11.0. The number of aromatic nitrogens is 4. The number of likely N-dealkylation sites (tertiary alicyclic amines) is 1. The molecular weight excluding hydrogens is 416 g/mol. The molecule has 4 aromatic rings. The van der Waals surface area contributed by atoms with Crippen LogP contribution in [0.1, 0.15) is 10.4 Å². The van der Waals surface area contributed by atoms with Crippen molar-refractivity contribution >= 4 is 22.5 Å². The molecule has 0 bridgehead atoms. The Labute approximate surface area is 190 Å². The van der Waals surface area contributed by atoms with Gasteiger partial charge in [0.05, 0.1) is 29.2 Å². The van der Waals surface area contributed by atoms with Crippen LogP contribution in [0.4, 0.5) is 5.69 Å². The molecule has 0 saturated carbocycles. The highest BCUT2D eigenvalue weighted by Gasteiger charge is 2.53. The van der Waals surface area contributed by atoms with Gasteiger partial charge in [0, 0.05) is 69.7 Å². The number of benzene rings is 1. The van der Waals surface area contributed by atoms with Gasteiger partial charge >= 0.3 is 0 Å². The quantitative estimate of drug-likeness (QED) is 0.489. The number of nitrogens with zero attached hydrogens (tertiary/aromatic N) is 6. The zero-order chi connectivity index (χ0) is 22.7. The SMILES string of the molecule is Cn1cc(C(=O)N2CC3(C2)CN(c2cncc(-c4ccc5c(ccc(=O)n5C)c4)c2)C3)cn1. The number of aryl methyl sites for hydroxylation is 2. The molecule has 1 spiro atoms. The molecule has 1 amide bonds. The Kier molecular flexibility index (Phi) is 4.20. The van der Waals surface area contributed by atoms with Gasteiger partial charge in [0.1, 0.15) is 0 Å². The summed E-state index contributed by atoms with van der Waals surface area (Å²) in [5, 5.41) is 5.12. The molecule has 2 aliphatic rings. The predicted octanol–water partition coefficient (Wildman–Crippen LogP) is 2.30. The lowest BCUT2D eigenvalue weighted by atomic mass is 9.72. The van der Waals surface area contributed by atoms with Gasteiger partial charge < -0.3 is 14.4 Å². The number of carbonyl (C=O) groups excluding carboxylic acids is 1. The number of rotatable bonds is 3. The Hall–Kier alpha value is -3.94. The van der Waals surface area contributed by atoms with E-state index < -0.39 is 0 Å². The normalized spacial score (nSPS) is 16.7. The molecule has 8 heteroatoms. The van der Waals surface area contributed by atoms with Crippen molar-refractivity contribution in [2.75, 3.05) is 31.1 Å². The highest BCUT2D eigenvalue weighted by molar-refractivity contribution is 5.94. The third-order valence-corrected chi connectivity index (χ3v) is 6.89. The summed E-state index contributed by atoms with van der Waals surface area (Å²) in [6.07, 6.45) is 7.17. The molecule has 8 nitrogen and oxygen atoms in total. The minimum absolute atomic E-state index is 0.0117. The van der Waals surface area contributed by atoms with Gasteiger partial charge in [-0.05, 0) is 35.2 Å². The van der Waals surface area contributed by atoms with Gasteiger partial charge in [0.2, 0.25) is 0 Å². The van der Waals surface area contributed by atoms with Crippen molar-refractivity contribution in [3.05, 3.63) is 77.1 Å². The molecule has 3 aromatic heterocycles. The summed E-state index contributed by atoms with van der Waals surface area (Å²) in [6, 6.07) is 11.8. The summed E-state index contributed by atoms with van der Waals surface area (Å²) in [6.45, 7) is 3.42. The van der Waals surface area contributed by atoms with Gasteiger partial charge in [-0.1, -0.05) is 6.07 Å². The fraction of sp³-hybridized carbons (Fsp3) is 0.280. The molecule has 5 heterocycles. The first-order valence-corrected chi connectivity index (χ1v) is 11.0. The third-order valence-electron chi connectivity index (χ3n) is 6.89. The van der Waals surface area contributed by atoms with Gasteiger partial charge in [-0.15, -0.1) is 0 Å². The zero-order valence-electron chi connectivity index (χ0n) is 18.6. The standard InChI is InChI=1S/C25H24N6O2/c1-28-12-20(10-27-28)24(33)31-15-25(16-31)13-30(14-25)21-8-19(9-26-11-21)17-3-5-22-18(7-17)4-6-23(32)29(22)2/h3-12H,13-16H2,1-2H3. The minimum Gasteiger partial charge on any atom is -0.369 e. The predicted molar refractivity (Wildman–Crippen MR) is 126 cm³/mol. The number of anilines is 1. The maximum atomic E-state index is 12.6. The Morgan fingerprint density at radius 1 is 0.939 bits per heavy atom. The second-order valence-corrected chi connectivity index (χ2v) is 9.36. The molecule has 33 heavy (non-hydrogen) atoms. The number of pyridine rings is 2. The van der Waals surface area contributed by atoms with E-state index in [0.717, 1.165) is 53.9 Å². The second-order valence-electron chi connectivity index (χ2n) is 9.36. The van der Waals surface area contributed by atoms with Crippen molar-refractivity contribution in [2.24, 2.45) is 19.5 Å². The number of hydrogen-bond donors (Lipinski definition) is 0. The van der Waals surface area contributed by atoms with Crippen LogP contribution in [0.15, 0.2) is 66.0 Å². The molecule has 0 unspecified atom stereocenters. The average Bonchev–Trinajstić information content (AvgIpc) is 3.20. The van der Waals surface area contributed by atoms with Crippen LogP contribution >= 0.6 is 0 Å². The molecule has 0 radical (unpaired) electrons. The van der Waals surface area contributed by atoms with Crippen molar-refractivity contribution in [2.45, 2.75) is 0 Å². The summed E-state index contributed by atoms with van der Waals surface area (Å²) in [7, 11) is 3.61. The monoisotopic (exact) mass is 440 g/mol. The Morgan fingerprint density at radius 3 is 2.52 bits per heavy atom. The average molecular weight is 441 g/mol. The Morgan fingerprint density at radius 2 is 1.76 bits per heavy atom. The molecule has 2 saturated heterocycles. The number of amides is 1. The largest absolute Gasteiger partial charge is 0.369 e. The van der Waals surface area contributed by atoms with E-state index in [1.54, 1.807) is 34.8 Å². The van der Waals surface area contributed by atoms with Crippen LogP contribution in [0.5, 0.6) is 0 Å². The minimum atomic E-state index is -0.0117. The van der Waals surface area contributed by atoms with Crippen molar-refractivity contribution in [1.29, 1.82) is 0 Å². The van der Waals surface area contributed by atoms with Crippen LogP contribution < -0.4 is 10.5 Å². The van der Waals surface area contributed by atoms with E-state index in [1.165, 1.54) is 0 Å². The number of fused-ring (bicyclic) bond motifs is 1. The van der Waals surface area contributed by atoms with Crippen LogP contribution in [-0.4, -0.2) is 56.3 Å². The molecule has 1 aromatic carbocycles. The fourth-order valence-electron chi connectivity index (χ4n) is 5.09. The first-order chi connectivity index (χ1) is 15.9. The molecule has 6 rings (SSSR count). The van der Waals surface area contributed by atoms with E-state index in [9.17, 15) is 9.59 Å². The van der Waals surface area contributed by atoms with E-state index in [-0.39, 0.29) is 16.9 Å². The van der Waals surface area contributed by atoms with E-state index >= 15 is 0 Å². The summed E-state index contributed by atoms with van der Waals surface area (Å²) in [5.41, 5.74) is 4.94. The Bertz CT molecular complexity index is 1460. The van der Waals surface area contributed by atoms with Crippen LogP contribution in [-0.2, 0) is 14.1 Å². The lowest BCUT2D eigenvalue weighted by Crippen LogP contribution is -2.73. The number of hydrogen-bond acceptors (Lipinski definition) is 5. The topological polar surface area (TPSA) is 76.3 Å². The van der Waals surface area contributed by atoms with Crippen LogP contribution in [0.25, 0.3) is 22.0 Å². The van der Waals surface area contributed by atoms with Crippen molar-refractivity contribution in [3.63, 3.8) is 0 Å². The third kappa shape index (κ3) is 3.21. The highest BCUT2D eigenvalue weighted by Crippen LogP contribution is 2.42. The van der Waals surface area contributed by atoms with Crippen molar-refractivity contribution in [3.8, 4) is 11.1 Å². The van der Waals surface area contributed by atoms with Gasteiger partial charge in [-0.25, -0.2) is 0 Å². The van der Waals surface area contributed by atoms with E-state index in [4.69, 9.17) is 0 Å². The van der Waals surface area contributed by atoms with Gasteiger partial charge in [-0.2, -0.15) is 5.10 Å². The number of carbonyl (C=O) groups is 1. The summed E-state index contributed by atoms with van der Waals surface area (Å²) >= 11 is 0. The highest BCUT2D eigenvalue weighted by atomic mass is 16.2. The summed E-state index contributed by atoms with van der Waals surface area (Å²) < 4.78 is 3.32. The smallest absolute Gasteiger partial charge is 0.257 e. The van der Waals surface area contributed by atoms with E-state index in [1.807, 2.05) is 42.5 Å². The van der Waals surface area contributed by atoms with Gasteiger partial charge in [0.15, 0.2) is 0 Å². The Balaban J connectivity index is 1.16. The second kappa shape index (κ2) is 7.03. The van der Waals surface area contributed by atoms with Gasteiger partial charge in [0.25, 0.3) is 11.5 Å². The van der Waals surface area contributed by atoms with Crippen LogP contribution in [0, 0.1) is 5.41 Å². The maximum Gasteiger partial charge on any atom is 0.257 e. The molecule has 0 atom stereocenters. The van der Waals surface area contributed by atoms with E-state index in [0.29, 0.717) is 5.56 Å². The molecule has 0 aliphatic carbocycles. The zero-order valence-corrected chi connectivity index (χ0v) is 18.6. The fourth-order valence-corrected chi connectivity index (χ4v) is 5.09. The van der Waals surface area contributed by atoms with Crippen LogP contribution in [0.3, 0.4) is 0 Å². The van der Waals surface area contributed by atoms with Crippen LogP contribution in [0.2, 0.25) is 0 Å². The molecule has 2 aliphatic heterocycles. The summed E-state index contributed by atoms with van der Waals surface area (Å²) in [5.74, 6) is 0.0599. The molecule has 166 valence electrons. The molecular formula is C25H24N6O2. The van der Waals surface area contributed by atoms with E-state index in [2.05, 4.69) is 27.1 Å². The van der Waals surface area contributed by atoms with Gasteiger partial charge in [-0.3, -0.25) is 19.3 Å². The lowest BCUT2D eigenvalue weighted by Gasteiger charge is -2.60. The lowest BCUT2D eigenvalue weighted by molar-refractivity contribution is -0.0105.